The van der Waals surface area contributed by atoms with Gasteiger partial charge in [-0.1, -0.05) is 30.7 Å². The van der Waals surface area contributed by atoms with Gasteiger partial charge in [-0.15, -0.1) is 0 Å². The molecular weight excluding hydrogens is 371 g/mol. The van der Waals surface area contributed by atoms with Crippen molar-refractivity contribution < 1.29 is 18.7 Å². The van der Waals surface area contributed by atoms with Gasteiger partial charge in [0.2, 0.25) is 0 Å². The van der Waals surface area contributed by atoms with Gasteiger partial charge in [0.05, 0.1) is 13.2 Å². The summed E-state index contributed by atoms with van der Waals surface area (Å²) < 4.78 is 24.5. The highest BCUT2D eigenvalue weighted by molar-refractivity contribution is 5.80. The number of halogens is 1. The van der Waals surface area contributed by atoms with Crippen molar-refractivity contribution in [1.82, 2.24) is 10.2 Å². The van der Waals surface area contributed by atoms with Gasteiger partial charge in [0.1, 0.15) is 5.75 Å². The van der Waals surface area contributed by atoms with Crippen molar-refractivity contribution in [3.63, 3.8) is 0 Å². The third kappa shape index (κ3) is 5.70. The smallest absolute Gasteiger partial charge is 0.260 e. The van der Waals surface area contributed by atoms with E-state index in [-0.39, 0.29) is 17.7 Å². The molecule has 1 aliphatic rings. The van der Waals surface area contributed by atoms with Crippen LogP contribution in [0.4, 0.5) is 4.39 Å². The molecule has 1 fully saturated rings. The van der Waals surface area contributed by atoms with Crippen molar-refractivity contribution in [3.05, 3.63) is 59.9 Å². The quantitative estimate of drug-likeness (QED) is 0.729. The van der Waals surface area contributed by atoms with Gasteiger partial charge in [-0.05, 0) is 62.7 Å². The van der Waals surface area contributed by atoms with Gasteiger partial charge >= 0.3 is 0 Å². The second-order valence-corrected chi connectivity index (χ2v) is 7.32. The van der Waals surface area contributed by atoms with Gasteiger partial charge in [0, 0.05) is 6.54 Å². The Morgan fingerprint density at radius 2 is 1.79 bits per heavy atom. The van der Waals surface area contributed by atoms with Crippen LogP contribution in [-0.2, 0) is 4.79 Å². The predicted molar refractivity (Wildman–Crippen MR) is 111 cm³/mol. The first-order valence-corrected chi connectivity index (χ1v) is 10.2. The van der Waals surface area contributed by atoms with Crippen LogP contribution in [0.5, 0.6) is 11.5 Å². The van der Waals surface area contributed by atoms with Crippen molar-refractivity contribution >= 4 is 5.91 Å². The first-order valence-electron chi connectivity index (χ1n) is 10.2. The number of piperidine rings is 1. The number of hydrogen-bond donors (Lipinski definition) is 1. The number of methoxy groups -OCH3 is 1. The van der Waals surface area contributed by atoms with Gasteiger partial charge < -0.3 is 14.8 Å². The van der Waals surface area contributed by atoms with Crippen LogP contribution in [-0.4, -0.2) is 43.7 Å². The molecule has 1 aliphatic heterocycles. The van der Waals surface area contributed by atoms with E-state index in [1.54, 1.807) is 26.2 Å². The minimum absolute atomic E-state index is 0.0748. The molecule has 0 bridgehead atoms. The van der Waals surface area contributed by atoms with E-state index in [0.717, 1.165) is 37.2 Å². The number of carbonyl (C=O) groups is 1. The van der Waals surface area contributed by atoms with Crippen LogP contribution in [0, 0.1) is 5.82 Å². The Bertz CT molecular complexity index is 791. The lowest BCUT2D eigenvalue weighted by molar-refractivity contribution is -0.127. The van der Waals surface area contributed by atoms with E-state index in [1.165, 1.54) is 18.6 Å². The van der Waals surface area contributed by atoms with E-state index >= 15 is 0 Å². The minimum Gasteiger partial charge on any atom is -0.497 e. The molecule has 5 nitrogen and oxygen atoms in total. The van der Waals surface area contributed by atoms with E-state index < -0.39 is 11.9 Å². The highest BCUT2D eigenvalue weighted by Gasteiger charge is 2.24. The number of nitrogens with one attached hydrogen (secondary N) is 1. The summed E-state index contributed by atoms with van der Waals surface area (Å²) in [6, 6.07) is 14.2. The topological polar surface area (TPSA) is 50.8 Å². The van der Waals surface area contributed by atoms with Crippen molar-refractivity contribution in [2.45, 2.75) is 38.3 Å². The number of carbonyl (C=O) groups excluding carboxylic acids is 1. The largest absolute Gasteiger partial charge is 0.497 e. The molecule has 1 saturated heterocycles. The number of hydrogen-bond acceptors (Lipinski definition) is 4. The van der Waals surface area contributed by atoms with E-state index in [1.807, 2.05) is 24.3 Å². The van der Waals surface area contributed by atoms with E-state index in [9.17, 15) is 9.18 Å². The SMILES string of the molecule is COc1ccc([C@@H](CNC(=O)[C@H](C)Oc2ccccc2F)N2CCCCC2)cc1. The molecular formula is C23H29FN2O3. The summed E-state index contributed by atoms with van der Waals surface area (Å²) in [4.78, 5) is 15.0. The fourth-order valence-corrected chi connectivity index (χ4v) is 3.64. The van der Waals surface area contributed by atoms with Gasteiger partial charge in [0.25, 0.3) is 5.91 Å². The molecule has 29 heavy (non-hydrogen) atoms. The fraction of sp³-hybridized carbons (Fsp3) is 0.435. The Morgan fingerprint density at radius 1 is 1.10 bits per heavy atom. The number of benzene rings is 2. The van der Waals surface area contributed by atoms with Gasteiger partial charge in [-0.25, -0.2) is 4.39 Å². The Balaban J connectivity index is 1.65. The number of rotatable bonds is 8. The third-order valence-electron chi connectivity index (χ3n) is 5.31. The fourth-order valence-electron chi connectivity index (χ4n) is 3.64. The molecule has 0 unspecified atom stereocenters. The van der Waals surface area contributed by atoms with Crippen LogP contribution in [0.2, 0.25) is 0 Å². The Hall–Kier alpha value is -2.60. The monoisotopic (exact) mass is 400 g/mol. The molecule has 1 N–H and O–H groups in total. The van der Waals surface area contributed by atoms with E-state index in [4.69, 9.17) is 9.47 Å². The molecule has 1 heterocycles. The Labute approximate surface area is 171 Å². The van der Waals surface area contributed by atoms with Crippen LogP contribution in [0.25, 0.3) is 0 Å². The molecule has 2 aromatic carbocycles. The normalized spacial score (nSPS) is 16.7. The van der Waals surface area contributed by atoms with Gasteiger partial charge in [-0.3, -0.25) is 9.69 Å². The van der Waals surface area contributed by atoms with Gasteiger partial charge in [0.15, 0.2) is 17.7 Å². The maximum absolute atomic E-state index is 13.8. The Kier molecular flexibility index (Phi) is 7.47. The highest BCUT2D eigenvalue weighted by atomic mass is 19.1. The molecule has 3 rings (SSSR count). The molecule has 0 aliphatic carbocycles. The zero-order chi connectivity index (χ0) is 20.6. The van der Waals surface area contributed by atoms with Crippen LogP contribution >= 0.6 is 0 Å². The molecule has 2 atom stereocenters. The van der Waals surface area contributed by atoms with Crippen molar-refractivity contribution in [1.29, 1.82) is 0 Å². The average Bonchev–Trinajstić information content (AvgIpc) is 2.76. The standard InChI is InChI=1S/C23H29FN2O3/c1-17(29-22-9-5-4-8-20(22)24)23(27)25-16-21(26-14-6-3-7-15-26)18-10-12-19(28-2)13-11-18/h4-5,8-13,17,21H,3,6-7,14-16H2,1-2H3,(H,25,27)/t17-,21+/m0/s1. The maximum atomic E-state index is 13.8. The lowest BCUT2D eigenvalue weighted by Gasteiger charge is -2.35. The van der Waals surface area contributed by atoms with Crippen LogP contribution in [0.1, 0.15) is 37.8 Å². The maximum Gasteiger partial charge on any atom is 0.260 e. The Morgan fingerprint density at radius 3 is 2.45 bits per heavy atom. The second-order valence-electron chi connectivity index (χ2n) is 7.32. The summed E-state index contributed by atoms with van der Waals surface area (Å²) in [5.41, 5.74) is 1.13. The van der Waals surface area contributed by atoms with Crippen LogP contribution in [0.15, 0.2) is 48.5 Å². The van der Waals surface area contributed by atoms with Crippen molar-refractivity contribution in [2.24, 2.45) is 0 Å². The molecule has 0 radical (unpaired) electrons. The lowest BCUT2D eigenvalue weighted by Crippen LogP contribution is -2.44. The van der Waals surface area contributed by atoms with Crippen LogP contribution in [0.3, 0.4) is 0 Å². The molecule has 0 saturated carbocycles. The first-order chi connectivity index (χ1) is 14.1. The van der Waals surface area contributed by atoms with Crippen molar-refractivity contribution in [2.75, 3.05) is 26.7 Å². The average molecular weight is 400 g/mol. The lowest BCUT2D eigenvalue weighted by atomic mass is 10.0. The zero-order valence-electron chi connectivity index (χ0n) is 17.1. The third-order valence-corrected chi connectivity index (χ3v) is 5.31. The predicted octanol–water partition coefficient (Wildman–Crippen LogP) is 3.95. The second kappa shape index (κ2) is 10.3. The summed E-state index contributed by atoms with van der Waals surface area (Å²) >= 11 is 0. The molecule has 1 amide bonds. The summed E-state index contributed by atoms with van der Waals surface area (Å²) in [5, 5.41) is 2.99. The number of nitrogens with zero attached hydrogens (tertiary/aromatic N) is 1. The number of likely N-dealkylation sites (tertiary alicyclic amines) is 1. The number of para-hydroxylation sites is 1. The summed E-state index contributed by atoms with van der Waals surface area (Å²) in [7, 11) is 1.65. The van der Waals surface area contributed by atoms with Crippen LogP contribution < -0.4 is 14.8 Å². The highest BCUT2D eigenvalue weighted by Crippen LogP contribution is 2.26. The molecule has 2 aromatic rings. The molecule has 6 heteroatoms. The minimum atomic E-state index is -0.787. The molecule has 0 spiro atoms. The number of amides is 1. The first kappa shape index (κ1) is 21.1. The molecule has 156 valence electrons. The van der Waals surface area contributed by atoms with E-state index in [0.29, 0.717) is 6.54 Å². The summed E-state index contributed by atoms with van der Waals surface area (Å²) in [5.74, 6) is 0.153. The van der Waals surface area contributed by atoms with Crippen molar-refractivity contribution in [3.8, 4) is 11.5 Å². The van der Waals surface area contributed by atoms with Gasteiger partial charge in [-0.2, -0.15) is 0 Å². The summed E-state index contributed by atoms with van der Waals surface area (Å²) in [6.07, 6.45) is 2.77. The van der Waals surface area contributed by atoms with E-state index in [2.05, 4.69) is 10.2 Å². The summed E-state index contributed by atoms with van der Waals surface area (Å²) in [6.45, 7) is 4.11. The number of ether oxygens (including phenoxy) is 2. The zero-order valence-corrected chi connectivity index (χ0v) is 17.1. The molecule has 0 aromatic heterocycles.